The van der Waals surface area contributed by atoms with Gasteiger partial charge in [-0.1, -0.05) is 23.7 Å². The monoisotopic (exact) mass is 475 g/mol. The topological polar surface area (TPSA) is 117 Å². The van der Waals surface area contributed by atoms with Crippen molar-refractivity contribution in [3.63, 3.8) is 0 Å². The van der Waals surface area contributed by atoms with Crippen LogP contribution in [0.5, 0.6) is 0 Å². The Labute approximate surface area is 191 Å². The van der Waals surface area contributed by atoms with E-state index in [4.69, 9.17) is 16.3 Å². The van der Waals surface area contributed by atoms with Gasteiger partial charge in [-0.05, 0) is 56.7 Å². The summed E-state index contributed by atoms with van der Waals surface area (Å²) in [6.45, 7) is 4.99. The maximum atomic E-state index is 13.5. The van der Waals surface area contributed by atoms with Crippen LogP contribution in [0.4, 0.5) is 10.5 Å². The van der Waals surface area contributed by atoms with E-state index in [0.717, 1.165) is 0 Å². The zero-order valence-electron chi connectivity index (χ0n) is 17.8. The third kappa shape index (κ3) is 5.39. The number of anilines is 1. The molecular formula is C22H22ClN3O5S. The van der Waals surface area contributed by atoms with Crippen LogP contribution in [0.2, 0.25) is 5.02 Å². The molecule has 1 N–H and O–H groups in total. The number of amides is 2. The van der Waals surface area contributed by atoms with Crippen molar-refractivity contribution in [1.29, 1.82) is 5.26 Å². The van der Waals surface area contributed by atoms with Crippen LogP contribution >= 0.6 is 11.6 Å². The maximum absolute atomic E-state index is 13.5. The Hall–Kier alpha value is -3.09. The molecule has 168 valence electrons. The van der Waals surface area contributed by atoms with Crippen LogP contribution in [0.1, 0.15) is 31.9 Å². The van der Waals surface area contributed by atoms with Gasteiger partial charge in [-0.2, -0.15) is 5.26 Å². The van der Waals surface area contributed by atoms with Crippen LogP contribution in [0.15, 0.2) is 47.4 Å². The molecule has 2 aromatic rings. The van der Waals surface area contributed by atoms with E-state index < -0.39 is 39.2 Å². The Morgan fingerprint density at radius 1 is 1.25 bits per heavy atom. The zero-order chi connectivity index (χ0) is 23.7. The van der Waals surface area contributed by atoms with E-state index in [1.54, 1.807) is 45.0 Å². The first-order chi connectivity index (χ1) is 14.9. The number of nitriles is 1. The van der Waals surface area contributed by atoms with E-state index in [1.165, 1.54) is 23.1 Å². The number of sulfone groups is 1. The molecule has 0 aromatic heterocycles. The maximum Gasteiger partial charge on any atom is 0.408 e. The van der Waals surface area contributed by atoms with E-state index in [-0.39, 0.29) is 22.7 Å². The first kappa shape index (κ1) is 23.6. The van der Waals surface area contributed by atoms with E-state index in [1.807, 2.05) is 6.07 Å². The Kier molecular flexibility index (Phi) is 6.49. The highest BCUT2D eigenvalue weighted by Gasteiger charge is 2.39. The summed E-state index contributed by atoms with van der Waals surface area (Å²) in [5.41, 5.74) is 0.139. The number of fused-ring (bicyclic) bond motifs is 1. The normalized spacial score (nSPS) is 17.7. The number of nitrogens with zero attached hydrogens (tertiary/aromatic N) is 2. The fourth-order valence-corrected chi connectivity index (χ4v) is 4.97. The number of carbonyl (C=O) groups is 2. The summed E-state index contributed by atoms with van der Waals surface area (Å²) in [6.07, 6.45) is -0.902. The van der Waals surface area contributed by atoms with Crippen molar-refractivity contribution >= 4 is 39.1 Å². The van der Waals surface area contributed by atoms with E-state index in [0.29, 0.717) is 10.6 Å². The van der Waals surface area contributed by atoms with Crippen LogP contribution in [0, 0.1) is 11.3 Å². The molecule has 32 heavy (non-hydrogen) atoms. The number of hydrogen-bond acceptors (Lipinski definition) is 6. The number of benzene rings is 2. The molecule has 0 saturated carbocycles. The Morgan fingerprint density at radius 3 is 2.50 bits per heavy atom. The van der Waals surface area contributed by atoms with Crippen LogP contribution in [0.25, 0.3) is 0 Å². The molecule has 2 aromatic carbocycles. The fraction of sp³-hybridized carbons (Fsp3) is 0.318. The molecule has 3 rings (SSSR count). The number of rotatable bonds is 3. The summed E-state index contributed by atoms with van der Waals surface area (Å²) in [7, 11) is -3.97. The molecule has 0 radical (unpaired) electrons. The average Bonchev–Trinajstić information content (AvgIpc) is 2.76. The number of alkyl carbamates (subject to hydrolysis) is 1. The molecule has 1 atom stereocenters. The van der Waals surface area contributed by atoms with Crippen molar-refractivity contribution in [3.8, 4) is 6.07 Å². The van der Waals surface area contributed by atoms with Crippen molar-refractivity contribution < 1.29 is 22.7 Å². The van der Waals surface area contributed by atoms with Gasteiger partial charge in [0.25, 0.3) is 5.91 Å². The lowest BCUT2D eigenvalue weighted by molar-refractivity contribution is -0.120. The predicted molar refractivity (Wildman–Crippen MR) is 119 cm³/mol. The SMILES string of the molecule is CC(C)(C)OC(=O)N[C@H]1CS(=O)(=O)c2ccc(C#N)cc2N(Cc2ccc(Cl)cc2)C1=O. The zero-order valence-corrected chi connectivity index (χ0v) is 19.3. The number of ether oxygens (including phenoxy) is 1. The van der Waals surface area contributed by atoms with Crippen LogP contribution in [-0.4, -0.2) is 37.8 Å². The minimum Gasteiger partial charge on any atom is -0.444 e. The van der Waals surface area contributed by atoms with E-state index in [9.17, 15) is 23.3 Å². The third-order valence-corrected chi connectivity index (χ3v) is 6.65. The first-order valence-corrected chi connectivity index (χ1v) is 11.7. The van der Waals surface area contributed by atoms with Crippen LogP contribution in [-0.2, 0) is 25.9 Å². The van der Waals surface area contributed by atoms with E-state index in [2.05, 4.69) is 5.32 Å². The Bertz CT molecular complexity index is 1200. The molecule has 10 heteroatoms. The minimum absolute atomic E-state index is 0.0138. The molecule has 0 aliphatic carbocycles. The van der Waals surface area contributed by atoms with Gasteiger partial charge < -0.3 is 15.0 Å². The van der Waals surface area contributed by atoms with E-state index >= 15 is 0 Å². The van der Waals surface area contributed by atoms with Crippen molar-refractivity contribution in [1.82, 2.24) is 5.32 Å². The second-order valence-electron chi connectivity index (χ2n) is 8.33. The van der Waals surface area contributed by atoms with Gasteiger partial charge in [0.05, 0.1) is 34.5 Å². The molecule has 0 saturated heterocycles. The molecule has 8 nitrogen and oxygen atoms in total. The molecule has 2 amide bonds. The standard InChI is InChI=1S/C22H22ClN3O5S/c1-22(2,3)31-21(28)25-17-13-32(29,30)19-9-6-15(11-24)10-18(19)26(20(17)27)12-14-4-7-16(23)8-5-14/h4-10,17H,12-13H2,1-3H3,(H,25,28)/t17-/m0/s1. The molecular weight excluding hydrogens is 454 g/mol. The predicted octanol–water partition coefficient (Wildman–Crippen LogP) is 3.43. The summed E-state index contributed by atoms with van der Waals surface area (Å²) in [4.78, 5) is 26.9. The van der Waals surface area contributed by atoms with Gasteiger partial charge in [0.1, 0.15) is 11.6 Å². The van der Waals surface area contributed by atoms with Crippen molar-refractivity contribution in [2.24, 2.45) is 0 Å². The molecule has 1 aliphatic heterocycles. The summed E-state index contributed by atoms with van der Waals surface area (Å²) >= 11 is 5.94. The Morgan fingerprint density at radius 2 is 1.91 bits per heavy atom. The molecule has 0 spiro atoms. The lowest BCUT2D eigenvalue weighted by atomic mass is 10.1. The Balaban J connectivity index is 2.07. The van der Waals surface area contributed by atoms with Crippen molar-refractivity contribution in [2.75, 3.05) is 10.7 Å². The quantitative estimate of drug-likeness (QED) is 0.726. The number of carbonyl (C=O) groups excluding carboxylic acids is 2. The molecule has 1 heterocycles. The first-order valence-electron chi connectivity index (χ1n) is 9.72. The van der Waals surface area contributed by atoms with Gasteiger partial charge in [-0.3, -0.25) is 4.79 Å². The molecule has 0 bridgehead atoms. The second kappa shape index (κ2) is 8.81. The summed E-state index contributed by atoms with van der Waals surface area (Å²) in [5.74, 6) is -1.27. The molecule has 0 fully saturated rings. The number of hydrogen-bond donors (Lipinski definition) is 1. The minimum atomic E-state index is -3.97. The van der Waals surface area contributed by atoms with Crippen molar-refractivity contribution in [2.45, 2.75) is 43.9 Å². The van der Waals surface area contributed by atoms with Gasteiger partial charge in [0, 0.05) is 5.02 Å². The lowest BCUT2D eigenvalue weighted by Crippen LogP contribution is -2.51. The van der Waals surface area contributed by atoms with Crippen LogP contribution in [0.3, 0.4) is 0 Å². The summed E-state index contributed by atoms with van der Waals surface area (Å²) in [5, 5.41) is 12.2. The summed E-state index contributed by atoms with van der Waals surface area (Å²) < 4.78 is 31.4. The third-order valence-electron chi connectivity index (χ3n) is 4.61. The van der Waals surface area contributed by atoms with Gasteiger partial charge in [0.15, 0.2) is 9.84 Å². The van der Waals surface area contributed by atoms with Gasteiger partial charge >= 0.3 is 6.09 Å². The van der Waals surface area contributed by atoms with Crippen molar-refractivity contribution in [3.05, 3.63) is 58.6 Å². The average molecular weight is 476 g/mol. The molecule has 1 aliphatic rings. The van der Waals surface area contributed by atoms with Crippen LogP contribution < -0.4 is 10.2 Å². The second-order valence-corrected chi connectivity index (χ2v) is 10.8. The highest BCUT2D eigenvalue weighted by atomic mass is 35.5. The van der Waals surface area contributed by atoms with Gasteiger partial charge in [0.2, 0.25) is 0 Å². The number of nitrogens with one attached hydrogen (secondary N) is 1. The summed E-state index contributed by atoms with van der Waals surface area (Å²) in [6, 6.07) is 11.3. The highest BCUT2D eigenvalue weighted by Crippen LogP contribution is 2.33. The largest absolute Gasteiger partial charge is 0.444 e. The fourth-order valence-electron chi connectivity index (χ4n) is 3.24. The highest BCUT2D eigenvalue weighted by molar-refractivity contribution is 7.91. The number of halogens is 1. The molecule has 0 unspecified atom stereocenters. The smallest absolute Gasteiger partial charge is 0.408 e. The van der Waals surface area contributed by atoms with Gasteiger partial charge in [-0.25, -0.2) is 13.2 Å². The van der Waals surface area contributed by atoms with Gasteiger partial charge in [-0.15, -0.1) is 0 Å². The lowest BCUT2D eigenvalue weighted by Gasteiger charge is -2.27.